The van der Waals surface area contributed by atoms with Crippen molar-refractivity contribution in [2.75, 3.05) is 17.6 Å². The number of fused-ring (bicyclic) bond motifs is 1. The first-order valence-corrected chi connectivity index (χ1v) is 12.9. The van der Waals surface area contributed by atoms with Crippen LogP contribution >= 0.6 is 11.8 Å². The van der Waals surface area contributed by atoms with Gasteiger partial charge in [0.15, 0.2) is 11.6 Å². The molecule has 2 aromatic heterocycles. The van der Waals surface area contributed by atoms with Crippen molar-refractivity contribution in [3.63, 3.8) is 0 Å². The predicted molar refractivity (Wildman–Crippen MR) is 143 cm³/mol. The van der Waals surface area contributed by atoms with Crippen LogP contribution in [0.2, 0.25) is 0 Å². The lowest BCUT2D eigenvalue weighted by Gasteiger charge is -2.16. The molecule has 0 radical (unpaired) electrons. The number of thioether (sulfide) groups is 1. The summed E-state index contributed by atoms with van der Waals surface area (Å²) in [4.78, 5) is 26.0. The van der Waals surface area contributed by atoms with Crippen LogP contribution in [0.1, 0.15) is 33.5 Å². The van der Waals surface area contributed by atoms with Crippen molar-refractivity contribution in [2.45, 2.75) is 24.4 Å². The number of benzene rings is 2. The molecule has 1 unspecified atom stereocenters. The summed E-state index contributed by atoms with van der Waals surface area (Å²) < 4.78 is 66.8. The smallest absolute Gasteiger partial charge is 0.383 e. The number of allylic oxidation sites excluding steroid dienone is 1. The van der Waals surface area contributed by atoms with Gasteiger partial charge in [-0.15, -0.1) is 11.8 Å². The van der Waals surface area contributed by atoms with E-state index < -0.39 is 29.3 Å². The van der Waals surface area contributed by atoms with Gasteiger partial charge in [0.25, 0.3) is 5.91 Å². The van der Waals surface area contributed by atoms with E-state index >= 15 is 0 Å². The molecule has 0 aliphatic carbocycles. The molecule has 3 heterocycles. The Hall–Kier alpha value is -4.26. The predicted octanol–water partition coefficient (Wildman–Crippen LogP) is 5.79. The highest BCUT2D eigenvalue weighted by atomic mass is 32.2. The number of nitrogens with one attached hydrogen (secondary N) is 2. The lowest BCUT2D eigenvalue weighted by Crippen LogP contribution is -2.26. The summed E-state index contributed by atoms with van der Waals surface area (Å²) in [6, 6.07) is 9.47. The summed E-state index contributed by atoms with van der Waals surface area (Å²) in [6.07, 6.45) is 0.0590. The van der Waals surface area contributed by atoms with E-state index in [0.29, 0.717) is 31.0 Å². The maximum absolute atomic E-state index is 13.5. The highest BCUT2D eigenvalue weighted by Crippen LogP contribution is 2.40. The topological polar surface area (TPSA) is 106 Å². The van der Waals surface area contributed by atoms with Crippen molar-refractivity contribution in [3.05, 3.63) is 95.0 Å². The number of nitrogen functional groups attached to an aromatic ring is 1. The second kappa shape index (κ2) is 11.1. The Kier molecular flexibility index (Phi) is 7.57. The molecule has 0 fully saturated rings. The normalized spacial score (nSPS) is 15.2. The van der Waals surface area contributed by atoms with Crippen LogP contribution in [-0.4, -0.2) is 32.7 Å². The summed E-state index contributed by atoms with van der Waals surface area (Å²) in [7, 11) is 0. The van der Waals surface area contributed by atoms with Crippen molar-refractivity contribution in [1.82, 2.24) is 20.3 Å². The lowest BCUT2D eigenvalue weighted by molar-refractivity contribution is -0.137. The minimum absolute atomic E-state index is 0.0114. The summed E-state index contributed by atoms with van der Waals surface area (Å²) >= 11 is 1.57. The van der Waals surface area contributed by atoms with Gasteiger partial charge in [-0.3, -0.25) is 4.79 Å². The van der Waals surface area contributed by atoms with E-state index in [1.165, 1.54) is 12.4 Å². The van der Waals surface area contributed by atoms with E-state index in [9.17, 15) is 26.7 Å². The number of nitrogens with two attached hydrogens (primary N) is 1. The average molecular weight is 573 g/mol. The first-order valence-electron chi connectivity index (χ1n) is 12.0. The van der Waals surface area contributed by atoms with Crippen LogP contribution in [-0.2, 0) is 12.7 Å². The Morgan fingerprint density at radius 2 is 1.88 bits per heavy atom. The zero-order valence-corrected chi connectivity index (χ0v) is 21.4. The number of amides is 1. The molecule has 0 spiro atoms. The number of carbonyl (C=O) groups excluding carboxylic acids is 1. The van der Waals surface area contributed by atoms with Crippen molar-refractivity contribution < 1.29 is 26.7 Å². The molecule has 5 rings (SSSR count). The Bertz CT molecular complexity index is 1630. The van der Waals surface area contributed by atoms with Gasteiger partial charge in [-0.25, -0.2) is 23.7 Å². The minimum Gasteiger partial charge on any atom is -0.383 e. The molecule has 13 heteroatoms. The number of hydrogen-bond acceptors (Lipinski definition) is 7. The summed E-state index contributed by atoms with van der Waals surface area (Å²) in [5.41, 5.74) is 6.47. The van der Waals surface area contributed by atoms with Gasteiger partial charge in [-0.05, 0) is 47.9 Å². The number of nitrogens with zero attached hydrogens (tertiary/aromatic N) is 3. The fraction of sp³-hybridized carbons (Fsp3) is 0.185. The first kappa shape index (κ1) is 27.3. The number of aromatic nitrogens is 3. The van der Waals surface area contributed by atoms with Crippen LogP contribution in [0.4, 0.5) is 33.6 Å². The van der Waals surface area contributed by atoms with Crippen molar-refractivity contribution in [2.24, 2.45) is 0 Å². The van der Waals surface area contributed by atoms with E-state index in [2.05, 4.69) is 25.6 Å². The molecular weight excluding hydrogens is 551 g/mol. The Morgan fingerprint density at radius 1 is 1.05 bits per heavy atom. The third kappa shape index (κ3) is 5.98. The van der Waals surface area contributed by atoms with Crippen LogP contribution in [0.15, 0.2) is 61.1 Å². The number of pyridine rings is 1. The van der Waals surface area contributed by atoms with Crippen LogP contribution < -0.4 is 16.4 Å². The summed E-state index contributed by atoms with van der Waals surface area (Å²) in [5.74, 6) is -2.65. The van der Waals surface area contributed by atoms with Gasteiger partial charge in [-0.1, -0.05) is 18.2 Å². The number of carbonyl (C=O) groups is 1. The molecule has 0 saturated carbocycles. The van der Waals surface area contributed by atoms with Crippen molar-refractivity contribution in [1.29, 1.82) is 0 Å². The summed E-state index contributed by atoms with van der Waals surface area (Å²) in [6.45, 7) is 0.0874. The Morgan fingerprint density at radius 3 is 2.65 bits per heavy atom. The van der Waals surface area contributed by atoms with Crippen LogP contribution in [0.25, 0.3) is 15.8 Å². The number of rotatable bonds is 7. The molecule has 1 aliphatic heterocycles. The Labute approximate surface area is 229 Å². The van der Waals surface area contributed by atoms with Crippen LogP contribution in [0.5, 0.6) is 0 Å². The molecule has 40 heavy (non-hydrogen) atoms. The number of anilines is 2. The molecule has 206 valence electrons. The molecule has 1 aliphatic rings. The third-order valence-corrected chi connectivity index (χ3v) is 7.55. The van der Waals surface area contributed by atoms with Crippen LogP contribution in [0.3, 0.4) is 0 Å². The van der Waals surface area contributed by atoms with E-state index in [1.54, 1.807) is 11.8 Å². The largest absolute Gasteiger partial charge is 0.417 e. The molecule has 0 saturated heterocycles. The zero-order chi connectivity index (χ0) is 28.4. The quantitative estimate of drug-likeness (QED) is 0.241. The fourth-order valence-electron chi connectivity index (χ4n) is 4.13. The standard InChI is InChI=1S/C27H21F5N6OS/c28-20-4-1-14(7-21(20)29)10-36-26(39)19-9-16(27(30,31)32)11-34-25(19)35-12-17-3-6-23(40-17)15-2-5-22-18(8-15)24(33)38-13-37-22/h1-2,4-9,11,13,17H,3,10,12H2,(H,34,35)(H,36,39)(H2,33,37,38). The maximum atomic E-state index is 13.5. The van der Waals surface area contributed by atoms with Crippen LogP contribution in [0, 0.1) is 11.6 Å². The highest BCUT2D eigenvalue weighted by Gasteiger charge is 2.33. The number of hydrogen-bond donors (Lipinski definition) is 3. The molecular formula is C27H21F5N6OS. The maximum Gasteiger partial charge on any atom is 0.417 e. The number of alkyl halides is 3. The monoisotopic (exact) mass is 572 g/mol. The zero-order valence-electron chi connectivity index (χ0n) is 20.6. The van der Waals surface area contributed by atoms with E-state index in [0.717, 1.165) is 33.5 Å². The molecule has 0 bridgehead atoms. The summed E-state index contributed by atoms with van der Waals surface area (Å²) in [5, 5.41) is 6.19. The fourth-order valence-corrected chi connectivity index (χ4v) is 5.30. The van der Waals surface area contributed by atoms with Gasteiger partial charge in [-0.2, -0.15) is 13.2 Å². The highest BCUT2D eigenvalue weighted by molar-refractivity contribution is 8.09. The van der Waals surface area contributed by atoms with E-state index in [1.807, 2.05) is 24.3 Å². The van der Waals surface area contributed by atoms with Crippen molar-refractivity contribution >= 4 is 45.1 Å². The molecule has 4 N–H and O–H groups in total. The first-order chi connectivity index (χ1) is 19.1. The Balaban J connectivity index is 1.28. The SMILES string of the molecule is Nc1ncnc2ccc(C3=CCC(CNc4ncc(C(F)(F)F)cc4C(=O)NCc4ccc(F)c(F)c4)S3)cc12. The van der Waals surface area contributed by atoms with Gasteiger partial charge in [0, 0.05) is 34.8 Å². The van der Waals surface area contributed by atoms with Gasteiger partial charge >= 0.3 is 6.18 Å². The molecule has 1 amide bonds. The average Bonchev–Trinajstić information content (AvgIpc) is 3.41. The number of halogens is 5. The molecule has 1 atom stereocenters. The molecule has 7 nitrogen and oxygen atoms in total. The molecule has 2 aromatic carbocycles. The second-order valence-corrected chi connectivity index (χ2v) is 10.3. The van der Waals surface area contributed by atoms with Gasteiger partial charge in [0.2, 0.25) is 0 Å². The van der Waals surface area contributed by atoms with E-state index in [4.69, 9.17) is 5.73 Å². The molecule has 4 aromatic rings. The third-order valence-electron chi connectivity index (χ3n) is 6.20. The minimum atomic E-state index is -4.71. The van der Waals surface area contributed by atoms with Gasteiger partial charge in [0.05, 0.1) is 16.6 Å². The van der Waals surface area contributed by atoms with Gasteiger partial charge in [0.1, 0.15) is 18.0 Å². The van der Waals surface area contributed by atoms with Gasteiger partial charge < -0.3 is 16.4 Å². The lowest BCUT2D eigenvalue weighted by atomic mass is 10.1. The van der Waals surface area contributed by atoms with Crippen molar-refractivity contribution in [3.8, 4) is 0 Å². The van der Waals surface area contributed by atoms with E-state index in [-0.39, 0.29) is 28.7 Å². The second-order valence-electron chi connectivity index (χ2n) is 8.96.